The van der Waals surface area contributed by atoms with Crippen molar-refractivity contribution in [2.24, 2.45) is 0 Å². The zero-order chi connectivity index (χ0) is 18.3. The first-order chi connectivity index (χ1) is 10.1. The first-order valence-electron chi connectivity index (χ1n) is 5.78. The molecule has 1 fully saturated rings. The minimum absolute atomic E-state index is 0.0932. The molecule has 1 heterocycles. The molecule has 138 valence electrons. The summed E-state index contributed by atoms with van der Waals surface area (Å²) in [5.74, 6) is 0. The summed E-state index contributed by atoms with van der Waals surface area (Å²) in [5.41, 5.74) is -6.22. The Labute approximate surface area is 128 Å². The Morgan fingerprint density at radius 3 is 1.57 bits per heavy atom. The molecular formula is C7H11F5N2O6S3. The van der Waals surface area contributed by atoms with Crippen LogP contribution in [-0.4, -0.2) is 52.7 Å². The van der Waals surface area contributed by atoms with Gasteiger partial charge in [-0.15, -0.1) is 0 Å². The van der Waals surface area contributed by atoms with Crippen molar-refractivity contribution < 1.29 is 47.2 Å². The Balaban J connectivity index is 3.25. The SMILES string of the molecule is O=S(=O)(NS(=O)(=O)C(F)(F)S(=O)(=O)N1CCCCC1)C(F)(F)F. The molecule has 0 aromatic heterocycles. The second kappa shape index (κ2) is 6.05. The monoisotopic (exact) mass is 410 g/mol. The minimum Gasteiger partial charge on any atom is -0.204 e. The molecule has 1 rings (SSSR count). The first kappa shape index (κ1) is 20.5. The number of hydrogen-bond donors (Lipinski definition) is 1. The topological polar surface area (TPSA) is 118 Å². The average Bonchev–Trinajstić information content (AvgIpc) is 2.36. The van der Waals surface area contributed by atoms with Crippen LogP contribution in [0.25, 0.3) is 0 Å². The summed E-state index contributed by atoms with van der Waals surface area (Å²) in [5, 5.41) is 0. The normalized spacial score (nSPS) is 19.7. The third kappa shape index (κ3) is 3.75. The Bertz CT molecular complexity index is 751. The van der Waals surface area contributed by atoms with Crippen LogP contribution in [0.4, 0.5) is 22.0 Å². The summed E-state index contributed by atoms with van der Waals surface area (Å²) >= 11 is 0. The van der Waals surface area contributed by atoms with Crippen LogP contribution in [0.3, 0.4) is 0 Å². The van der Waals surface area contributed by atoms with Gasteiger partial charge in [-0.3, -0.25) is 0 Å². The predicted octanol–water partition coefficient (Wildman–Crippen LogP) is 0.121. The van der Waals surface area contributed by atoms with E-state index >= 15 is 0 Å². The number of nitrogens with one attached hydrogen (secondary N) is 1. The van der Waals surface area contributed by atoms with Crippen LogP contribution in [0.1, 0.15) is 19.3 Å². The Morgan fingerprint density at radius 2 is 1.17 bits per heavy atom. The van der Waals surface area contributed by atoms with Gasteiger partial charge in [0.25, 0.3) is 10.0 Å². The Hall–Kier alpha value is -0.580. The van der Waals surface area contributed by atoms with E-state index in [-0.39, 0.29) is 21.3 Å². The molecule has 0 atom stereocenters. The highest BCUT2D eigenvalue weighted by atomic mass is 32.3. The summed E-state index contributed by atoms with van der Waals surface area (Å²) < 4.78 is 125. The van der Waals surface area contributed by atoms with E-state index in [2.05, 4.69) is 0 Å². The summed E-state index contributed by atoms with van der Waals surface area (Å²) in [6, 6.07) is 0. The van der Waals surface area contributed by atoms with Gasteiger partial charge in [0, 0.05) is 13.1 Å². The van der Waals surface area contributed by atoms with Crippen molar-refractivity contribution in [3.63, 3.8) is 0 Å². The predicted molar refractivity (Wildman–Crippen MR) is 66.3 cm³/mol. The minimum atomic E-state index is -6.73. The molecule has 0 spiro atoms. The summed E-state index contributed by atoms with van der Waals surface area (Å²) in [6.45, 7) is -0.918. The number of piperidine rings is 1. The highest BCUT2D eigenvalue weighted by Gasteiger charge is 2.63. The van der Waals surface area contributed by atoms with E-state index in [1.54, 1.807) is 0 Å². The van der Waals surface area contributed by atoms with Crippen LogP contribution in [-0.2, 0) is 30.1 Å². The molecule has 1 aliphatic heterocycles. The van der Waals surface area contributed by atoms with Crippen molar-refractivity contribution >= 4 is 30.1 Å². The van der Waals surface area contributed by atoms with Crippen molar-refractivity contribution in [1.82, 2.24) is 8.43 Å². The van der Waals surface area contributed by atoms with Crippen molar-refractivity contribution in [1.29, 1.82) is 0 Å². The number of nitrogens with zero attached hydrogens (tertiary/aromatic N) is 1. The second-order valence-electron chi connectivity index (χ2n) is 4.46. The number of rotatable bonds is 5. The summed E-state index contributed by atoms with van der Waals surface area (Å²) in [7, 11) is -19.4. The molecule has 8 nitrogen and oxygen atoms in total. The maximum Gasteiger partial charge on any atom is 0.512 e. The molecule has 0 aliphatic carbocycles. The average molecular weight is 410 g/mol. The first-order valence-corrected chi connectivity index (χ1v) is 10.2. The molecule has 1 aliphatic rings. The van der Waals surface area contributed by atoms with Crippen molar-refractivity contribution in [2.75, 3.05) is 13.1 Å². The van der Waals surface area contributed by atoms with E-state index in [4.69, 9.17) is 0 Å². The van der Waals surface area contributed by atoms with E-state index in [9.17, 15) is 47.2 Å². The zero-order valence-electron chi connectivity index (χ0n) is 11.0. The fourth-order valence-corrected chi connectivity index (χ4v) is 6.33. The highest BCUT2D eigenvalue weighted by Crippen LogP contribution is 2.34. The molecule has 0 aromatic carbocycles. The molecule has 0 amide bonds. The van der Waals surface area contributed by atoms with Gasteiger partial charge in [0.2, 0.25) is 0 Å². The van der Waals surface area contributed by atoms with Gasteiger partial charge in [-0.1, -0.05) is 10.5 Å². The molecule has 1 saturated heterocycles. The Morgan fingerprint density at radius 1 is 0.739 bits per heavy atom. The molecule has 0 bridgehead atoms. The third-order valence-corrected chi connectivity index (χ3v) is 8.72. The lowest BCUT2D eigenvalue weighted by Crippen LogP contribution is -2.55. The van der Waals surface area contributed by atoms with Gasteiger partial charge in [0.1, 0.15) is 0 Å². The van der Waals surface area contributed by atoms with Gasteiger partial charge >= 0.3 is 30.1 Å². The van der Waals surface area contributed by atoms with E-state index < -0.39 is 53.3 Å². The molecule has 0 saturated carbocycles. The van der Waals surface area contributed by atoms with E-state index in [0.717, 1.165) is 0 Å². The second-order valence-corrected chi connectivity index (χ2v) is 10.4. The van der Waals surface area contributed by atoms with Crippen molar-refractivity contribution in [3.05, 3.63) is 0 Å². The Kier molecular flexibility index (Phi) is 5.38. The summed E-state index contributed by atoms with van der Waals surface area (Å²) in [6.07, 6.45) is 0.776. The van der Waals surface area contributed by atoms with E-state index in [1.165, 1.54) is 0 Å². The number of alkyl halides is 5. The molecule has 16 heteroatoms. The highest BCUT2D eigenvalue weighted by molar-refractivity contribution is 8.13. The molecular weight excluding hydrogens is 399 g/mol. The lowest BCUT2D eigenvalue weighted by Gasteiger charge is -2.29. The quantitative estimate of drug-likeness (QED) is 0.644. The molecule has 0 aromatic rings. The van der Waals surface area contributed by atoms with E-state index in [0.29, 0.717) is 6.42 Å². The van der Waals surface area contributed by atoms with Crippen molar-refractivity contribution in [3.8, 4) is 0 Å². The van der Waals surface area contributed by atoms with Gasteiger partial charge in [-0.05, 0) is 12.8 Å². The maximum atomic E-state index is 13.8. The van der Waals surface area contributed by atoms with Gasteiger partial charge in [-0.2, -0.15) is 26.3 Å². The van der Waals surface area contributed by atoms with Crippen LogP contribution in [0.15, 0.2) is 0 Å². The lowest BCUT2D eigenvalue weighted by atomic mass is 10.2. The molecule has 0 unspecified atom stereocenters. The van der Waals surface area contributed by atoms with E-state index in [1.807, 2.05) is 0 Å². The van der Waals surface area contributed by atoms with Crippen LogP contribution in [0, 0.1) is 0 Å². The summed E-state index contributed by atoms with van der Waals surface area (Å²) in [4.78, 5) is 0. The third-order valence-electron chi connectivity index (χ3n) is 2.79. The maximum absolute atomic E-state index is 13.8. The van der Waals surface area contributed by atoms with Crippen LogP contribution >= 0.6 is 0 Å². The number of halogens is 5. The molecule has 23 heavy (non-hydrogen) atoms. The van der Waals surface area contributed by atoms with Gasteiger partial charge in [0.05, 0.1) is 0 Å². The van der Waals surface area contributed by atoms with Crippen LogP contribution in [0.5, 0.6) is 0 Å². The number of hydrogen-bond acceptors (Lipinski definition) is 6. The van der Waals surface area contributed by atoms with Gasteiger partial charge < -0.3 is 0 Å². The van der Waals surface area contributed by atoms with Crippen LogP contribution in [0.2, 0.25) is 0 Å². The zero-order valence-corrected chi connectivity index (χ0v) is 13.5. The van der Waals surface area contributed by atoms with Crippen LogP contribution < -0.4 is 4.13 Å². The van der Waals surface area contributed by atoms with Gasteiger partial charge in [0.15, 0.2) is 0 Å². The lowest BCUT2D eigenvalue weighted by molar-refractivity contribution is -0.0441. The standard InChI is InChI=1S/C7H11F5N2O6S3/c8-6(9,10)21(15,16)13-22(17,18)7(11,12)23(19,20)14-4-2-1-3-5-14/h13H,1-5H2. The molecule has 1 N–H and O–H groups in total. The fourth-order valence-electron chi connectivity index (χ4n) is 1.63. The number of sulfonamides is 3. The largest absolute Gasteiger partial charge is 0.512 e. The van der Waals surface area contributed by atoms with Gasteiger partial charge in [-0.25, -0.2) is 25.3 Å². The smallest absolute Gasteiger partial charge is 0.204 e. The van der Waals surface area contributed by atoms with Crippen molar-refractivity contribution in [2.45, 2.75) is 29.4 Å². The molecule has 0 radical (unpaired) electrons. The fraction of sp³-hybridized carbons (Fsp3) is 1.00.